The molecule has 78 valence electrons. The van der Waals surface area contributed by atoms with E-state index in [2.05, 4.69) is 36.4 Å². The van der Waals surface area contributed by atoms with E-state index in [4.69, 9.17) is 11.2 Å². The summed E-state index contributed by atoms with van der Waals surface area (Å²) in [6.07, 6.45) is 5.43. The van der Waals surface area contributed by atoms with Gasteiger partial charge in [0.2, 0.25) is 0 Å². The zero-order chi connectivity index (χ0) is 10.7. The number of rotatable bonds is 2. The van der Waals surface area contributed by atoms with Crippen LogP contribution < -0.4 is 5.32 Å². The van der Waals surface area contributed by atoms with Crippen molar-refractivity contribution in [3.05, 3.63) is 35.4 Å². The van der Waals surface area contributed by atoms with Gasteiger partial charge in [0.1, 0.15) is 0 Å². The summed E-state index contributed by atoms with van der Waals surface area (Å²) < 4.78 is 5.68. The second-order valence-electron chi connectivity index (χ2n) is 3.78. The Morgan fingerprint density at radius 1 is 1.53 bits per heavy atom. The first kappa shape index (κ1) is 10.2. The fourth-order valence-corrected chi connectivity index (χ4v) is 1.98. The monoisotopic (exact) mass is 201 g/mol. The zero-order valence-corrected chi connectivity index (χ0v) is 8.86. The van der Waals surface area contributed by atoms with Crippen LogP contribution >= 0.6 is 0 Å². The zero-order valence-electron chi connectivity index (χ0n) is 8.86. The second-order valence-corrected chi connectivity index (χ2v) is 3.78. The van der Waals surface area contributed by atoms with E-state index in [1.807, 2.05) is 6.07 Å². The highest BCUT2D eigenvalue weighted by atomic mass is 16.5. The molecule has 1 heterocycles. The van der Waals surface area contributed by atoms with E-state index < -0.39 is 0 Å². The van der Waals surface area contributed by atoms with Gasteiger partial charge in [0, 0.05) is 0 Å². The van der Waals surface area contributed by atoms with Crippen molar-refractivity contribution in [2.24, 2.45) is 0 Å². The normalized spacial score (nSPS) is 24.3. The van der Waals surface area contributed by atoms with Crippen LogP contribution in [-0.2, 0) is 11.3 Å². The molecule has 0 unspecified atom stereocenters. The summed E-state index contributed by atoms with van der Waals surface area (Å²) in [4.78, 5) is 0. The van der Waals surface area contributed by atoms with Gasteiger partial charge in [-0.1, -0.05) is 30.2 Å². The molecule has 0 bridgehead atoms. The minimum atomic E-state index is 0.174. The lowest BCUT2D eigenvalue weighted by Gasteiger charge is -2.31. The van der Waals surface area contributed by atoms with Gasteiger partial charge in [-0.3, -0.25) is 5.32 Å². The van der Waals surface area contributed by atoms with Crippen molar-refractivity contribution >= 4 is 0 Å². The summed E-state index contributed by atoms with van der Waals surface area (Å²) in [7, 11) is 0. The van der Waals surface area contributed by atoms with Gasteiger partial charge in [0.25, 0.3) is 0 Å². The SMILES string of the molecule is C#CCN[C@H]1c2ccccc2CO[C@@H]1C. The van der Waals surface area contributed by atoms with Crippen molar-refractivity contribution in [1.29, 1.82) is 0 Å². The first-order valence-corrected chi connectivity index (χ1v) is 5.19. The Balaban J connectivity index is 2.25. The van der Waals surface area contributed by atoms with E-state index in [1.54, 1.807) is 0 Å². The molecule has 0 fully saturated rings. The number of terminal acetylenes is 1. The van der Waals surface area contributed by atoms with E-state index >= 15 is 0 Å². The van der Waals surface area contributed by atoms with Crippen molar-refractivity contribution in [1.82, 2.24) is 5.32 Å². The average molecular weight is 201 g/mol. The topological polar surface area (TPSA) is 21.3 Å². The smallest absolute Gasteiger partial charge is 0.0746 e. The summed E-state index contributed by atoms with van der Waals surface area (Å²) in [5.74, 6) is 2.60. The predicted octanol–water partition coefficient (Wildman–Crippen LogP) is 1.87. The van der Waals surface area contributed by atoms with Crippen LogP contribution in [0.1, 0.15) is 24.1 Å². The van der Waals surface area contributed by atoms with E-state index in [1.165, 1.54) is 11.1 Å². The molecular weight excluding hydrogens is 186 g/mol. The Morgan fingerprint density at radius 2 is 2.33 bits per heavy atom. The highest BCUT2D eigenvalue weighted by molar-refractivity contribution is 5.32. The molecule has 1 aromatic carbocycles. The maximum absolute atomic E-state index is 5.68. The highest BCUT2D eigenvalue weighted by Gasteiger charge is 2.25. The molecule has 0 aromatic heterocycles. The standard InChI is InChI=1S/C13H15NO/c1-3-8-14-13-10(2)15-9-11-6-4-5-7-12(11)13/h1,4-7,10,13-14H,8-9H2,2H3/t10-,13-/m1/s1. The van der Waals surface area contributed by atoms with Crippen LogP contribution in [-0.4, -0.2) is 12.6 Å². The quantitative estimate of drug-likeness (QED) is 0.737. The second kappa shape index (κ2) is 4.48. The van der Waals surface area contributed by atoms with E-state index in [-0.39, 0.29) is 12.1 Å². The molecule has 0 radical (unpaired) electrons. The average Bonchev–Trinajstić information content (AvgIpc) is 2.28. The highest BCUT2D eigenvalue weighted by Crippen LogP contribution is 2.28. The minimum absolute atomic E-state index is 0.174. The molecule has 0 spiro atoms. The maximum atomic E-state index is 5.68. The van der Waals surface area contributed by atoms with Crippen LogP contribution in [0, 0.1) is 12.3 Å². The maximum Gasteiger partial charge on any atom is 0.0746 e. The lowest BCUT2D eigenvalue weighted by molar-refractivity contribution is 0.0126. The molecule has 1 aliphatic rings. The van der Waals surface area contributed by atoms with Crippen LogP contribution in [0.25, 0.3) is 0 Å². The Morgan fingerprint density at radius 3 is 3.13 bits per heavy atom. The van der Waals surface area contributed by atoms with Crippen molar-refractivity contribution < 1.29 is 4.74 Å². The van der Waals surface area contributed by atoms with Crippen LogP contribution in [0.15, 0.2) is 24.3 Å². The van der Waals surface area contributed by atoms with E-state index in [9.17, 15) is 0 Å². The van der Waals surface area contributed by atoms with E-state index in [0.717, 1.165) is 0 Å². The molecule has 2 atom stereocenters. The summed E-state index contributed by atoms with van der Waals surface area (Å²) in [6.45, 7) is 3.35. The van der Waals surface area contributed by atoms with Gasteiger partial charge in [-0.25, -0.2) is 0 Å². The third-order valence-corrected chi connectivity index (χ3v) is 2.79. The van der Waals surface area contributed by atoms with Gasteiger partial charge >= 0.3 is 0 Å². The van der Waals surface area contributed by atoms with Gasteiger partial charge in [0.15, 0.2) is 0 Å². The van der Waals surface area contributed by atoms with Gasteiger partial charge < -0.3 is 4.74 Å². The molecule has 0 aliphatic carbocycles. The summed E-state index contributed by atoms with van der Waals surface area (Å²) >= 11 is 0. The van der Waals surface area contributed by atoms with Crippen LogP contribution in [0.2, 0.25) is 0 Å². The summed E-state index contributed by atoms with van der Waals surface area (Å²) in [5, 5.41) is 3.32. The molecule has 1 aliphatic heterocycles. The molecule has 0 saturated carbocycles. The Labute approximate surface area is 90.6 Å². The number of fused-ring (bicyclic) bond motifs is 1. The molecular formula is C13H15NO. The number of hydrogen-bond donors (Lipinski definition) is 1. The summed E-state index contributed by atoms with van der Waals surface area (Å²) in [6, 6.07) is 8.55. The lowest BCUT2D eigenvalue weighted by Crippen LogP contribution is -2.36. The predicted molar refractivity (Wildman–Crippen MR) is 60.3 cm³/mol. The van der Waals surface area contributed by atoms with Gasteiger partial charge in [-0.05, 0) is 18.1 Å². The molecule has 2 rings (SSSR count). The Hall–Kier alpha value is -1.30. The number of benzene rings is 1. The van der Waals surface area contributed by atoms with Gasteiger partial charge in [0.05, 0.1) is 25.3 Å². The molecule has 0 amide bonds. The molecule has 1 aromatic rings. The first-order valence-electron chi connectivity index (χ1n) is 5.19. The van der Waals surface area contributed by atoms with Crippen molar-refractivity contribution in [2.75, 3.05) is 6.54 Å². The van der Waals surface area contributed by atoms with Crippen molar-refractivity contribution in [3.8, 4) is 12.3 Å². The molecule has 1 N–H and O–H groups in total. The lowest BCUT2D eigenvalue weighted by atomic mass is 9.94. The number of hydrogen-bond acceptors (Lipinski definition) is 2. The summed E-state index contributed by atoms with van der Waals surface area (Å²) in [5.41, 5.74) is 2.57. The fraction of sp³-hybridized carbons (Fsp3) is 0.385. The minimum Gasteiger partial charge on any atom is -0.372 e. The Bertz CT molecular complexity index is 380. The number of nitrogens with one attached hydrogen (secondary N) is 1. The van der Waals surface area contributed by atoms with E-state index in [0.29, 0.717) is 13.2 Å². The number of ether oxygens (including phenoxy) is 1. The van der Waals surface area contributed by atoms with Crippen LogP contribution in [0.3, 0.4) is 0 Å². The third-order valence-electron chi connectivity index (χ3n) is 2.79. The third kappa shape index (κ3) is 2.04. The molecule has 2 heteroatoms. The van der Waals surface area contributed by atoms with Crippen molar-refractivity contribution in [3.63, 3.8) is 0 Å². The molecule has 15 heavy (non-hydrogen) atoms. The Kier molecular flexibility index (Phi) is 3.05. The van der Waals surface area contributed by atoms with Crippen molar-refractivity contribution in [2.45, 2.75) is 25.7 Å². The molecule has 2 nitrogen and oxygen atoms in total. The van der Waals surface area contributed by atoms with Crippen LogP contribution in [0.5, 0.6) is 0 Å². The largest absolute Gasteiger partial charge is 0.372 e. The van der Waals surface area contributed by atoms with Crippen LogP contribution in [0.4, 0.5) is 0 Å². The molecule has 0 saturated heterocycles. The first-order chi connectivity index (χ1) is 7.33. The fourth-order valence-electron chi connectivity index (χ4n) is 1.98. The van der Waals surface area contributed by atoms with Gasteiger partial charge in [-0.15, -0.1) is 6.42 Å². The van der Waals surface area contributed by atoms with Gasteiger partial charge in [-0.2, -0.15) is 0 Å².